The molecule has 1 unspecified atom stereocenters. The molecule has 0 radical (unpaired) electrons. The molecule has 0 spiro atoms. The average Bonchev–Trinajstić information content (AvgIpc) is 2.75. The van der Waals surface area contributed by atoms with Crippen molar-refractivity contribution in [3.8, 4) is 0 Å². The van der Waals surface area contributed by atoms with E-state index in [1.54, 1.807) is 6.07 Å². The molecule has 1 heterocycles. The van der Waals surface area contributed by atoms with Crippen LogP contribution >= 0.6 is 0 Å². The van der Waals surface area contributed by atoms with Gasteiger partial charge in [-0.1, -0.05) is 6.07 Å². The molecule has 6 heteroatoms. The molecule has 102 valence electrons. The predicted molar refractivity (Wildman–Crippen MR) is 69.1 cm³/mol. The van der Waals surface area contributed by atoms with Crippen LogP contribution in [0.3, 0.4) is 0 Å². The van der Waals surface area contributed by atoms with Gasteiger partial charge in [-0.2, -0.15) is 0 Å². The zero-order chi connectivity index (χ0) is 13.7. The van der Waals surface area contributed by atoms with Crippen molar-refractivity contribution in [3.63, 3.8) is 0 Å². The van der Waals surface area contributed by atoms with Crippen molar-refractivity contribution in [2.75, 3.05) is 18.4 Å². The summed E-state index contributed by atoms with van der Waals surface area (Å²) in [5, 5.41) is 8.35. The highest BCUT2D eigenvalue weighted by molar-refractivity contribution is 5.92. The first-order valence-corrected chi connectivity index (χ1v) is 6.19. The van der Waals surface area contributed by atoms with E-state index >= 15 is 0 Å². The number of rotatable bonds is 5. The summed E-state index contributed by atoms with van der Waals surface area (Å²) < 4.78 is 12.9. The molecule has 0 saturated carbocycles. The van der Waals surface area contributed by atoms with Crippen molar-refractivity contribution in [3.05, 3.63) is 30.1 Å². The molecule has 1 aromatic carbocycles. The Morgan fingerprint density at radius 1 is 1.47 bits per heavy atom. The topological polar surface area (TPSA) is 70.2 Å². The average molecular weight is 265 g/mol. The fourth-order valence-electron chi connectivity index (χ4n) is 1.96. The van der Waals surface area contributed by atoms with Crippen LogP contribution in [-0.4, -0.2) is 30.9 Å². The van der Waals surface area contributed by atoms with E-state index in [4.69, 9.17) is 0 Å². The molecule has 1 saturated heterocycles. The molecule has 1 fully saturated rings. The Balaban J connectivity index is 1.68. The van der Waals surface area contributed by atoms with Gasteiger partial charge in [-0.15, -0.1) is 0 Å². The van der Waals surface area contributed by atoms with Crippen LogP contribution < -0.4 is 16.0 Å². The van der Waals surface area contributed by atoms with E-state index < -0.39 is 0 Å². The molecule has 3 N–H and O–H groups in total. The van der Waals surface area contributed by atoms with Crippen LogP contribution in [0.4, 0.5) is 10.1 Å². The number of halogens is 1. The monoisotopic (exact) mass is 265 g/mol. The van der Waals surface area contributed by atoms with Gasteiger partial charge in [0.05, 0.1) is 6.54 Å². The van der Waals surface area contributed by atoms with Crippen LogP contribution in [0.15, 0.2) is 24.3 Å². The standard InChI is InChI=1S/C13H16FN3O2/c14-9-2-1-3-10(6-9)16-13(19)8-15-7-11-4-5-12(18)17-11/h1-3,6,11,15H,4-5,7-8H2,(H,16,19)(H,17,18). The first-order valence-electron chi connectivity index (χ1n) is 6.19. The van der Waals surface area contributed by atoms with Gasteiger partial charge in [-0.05, 0) is 24.6 Å². The van der Waals surface area contributed by atoms with E-state index in [0.717, 1.165) is 6.42 Å². The van der Waals surface area contributed by atoms with Gasteiger partial charge in [0.2, 0.25) is 11.8 Å². The third kappa shape index (κ3) is 4.33. The fourth-order valence-corrected chi connectivity index (χ4v) is 1.96. The summed E-state index contributed by atoms with van der Waals surface area (Å²) in [5.74, 6) is -0.578. The first kappa shape index (κ1) is 13.5. The first-order chi connectivity index (χ1) is 9.13. The van der Waals surface area contributed by atoms with Gasteiger partial charge in [0.25, 0.3) is 0 Å². The Kier molecular flexibility index (Phi) is 4.46. The van der Waals surface area contributed by atoms with Crippen LogP contribution in [0.2, 0.25) is 0 Å². The third-order valence-electron chi connectivity index (χ3n) is 2.87. The van der Waals surface area contributed by atoms with Gasteiger partial charge in [0.15, 0.2) is 0 Å². The summed E-state index contributed by atoms with van der Waals surface area (Å²) in [6.45, 7) is 0.686. The maximum absolute atomic E-state index is 12.9. The lowest BCUT2D eigenvalue weighted by atomic mass is 10.2. The predicted octanol–water partition coefficient (Wildman–Crippen LogP) is 0.632. The van der Waals surface area contributed by atoms with Crippen molar-refractivity contribution in [1.29, 1.82) is 0 Å². The Labute approximate surface area is 110 Å². The molecule has 2 amide bonds. The van der Waals surface area contributed by atoms with Crippen molar-refractivity contribution in [2.24, 2.45) is 0 Å². The largest absolute Gasteiger partial charge is 0.352 e. The van der Waals surface area contributed by atoms with E-state index in [2.05, 4.69) is 16.0 Å². The van der Waals surface area contributed by atoms with E-state index in [-0.39, 0.29) is 30.2 Å². The zero-order valence-corrected chi connectivity index (χ0v) is 10.4. The third-order valence-corrected chi connectivity index (χ3v) is 2.87. The Bertz CT molecular complexity index is 479. The van der Waals surface area contributed by atoms with Crippen molar-refractivity contribution in [1.82, 2.24) is 10.6 Å². The smallest absolute Gasteiger partial charge is 0.238 e. The number of anilines is 1. The number of hydrogen-bond acceptors (Lipinski definition) is 3. The molecule has 1 atom stereocenters. The molecule has 1 aliphatic heterocycles. The molecule has 2 rings (SSSR count). The van der Waals surface area contributed by atoms with Gasteiger partial charge in [0.1, 0.15) is 5.82 Å². The fraction of sp³-hybridized carbons (Fsp3) is 0.385. The van der Waals surface area contributed by atoms with E-state index in [0.29, 0.717) is 18.7 Å². The van der Waals surface area contributed by atoms with Gasteiger partial charge in [0, 0.05) is 24.7 Å². The Morgan fingerprint density at radius 2 is 2.32 bits per heavy atom. The minimum Gasteiger partial charge on any atom is -0.352 e. The number of carbonyl (C=O) groups is 2. The number of hydrogen-bond donors (Lipinski definition) is 3. The lowest BCUT2D eigenvalue weighted by molar-refractivity contribution is -0.119. The number of amides is 2. The summed E-state index contributed by atoms with van der Waals surface area (Å²) in [6, 6.07) is 5.82. The molecule has 19 heavy (non-hydrogen) atoms. The number of carbonyl (C=O) groups excluding carboxylic acids is 2. The molecule has 0 aromatic heterocycles. The van der Waals surface area contributed by atoms with Crippen molar-refractivity contribution >= 4 is 17.5 Å². The summed E-state index contributed by atoms with van der Waals surface area (Å²) in [4.78, 5) is 22.5. The molecule has 1 aromatic rings. The van der Waals surface area contributed by atoms with Crippen LogP contribution in [0.1, 0.15) is 12.8 Å². The summed E-state index contributed by atoms with van der Waals surface area (Å²) >= 11 is 0. The van der Waals surface area contributed by atoms with Gasteiger partial charge < -0.3 is 16.0 Å². The van der Waals surface area contributed by atoms with Crippen LogP contribution in [0.5, 0.6) is 0 Å². The van der Waals surface area contributed by atoms with Crippen LogP contribution in [-0.2, 0) is 9.59 Å². The minimum atomic E-state index is -0.389. The molecule has 5 nitrogen and oxygen atoms in total. The second-order valence-electron chi connectivity index (χ2n) is 4.49. The molecular formula is C13H16FN3O2. The SMILES string of the molecule is O=C(CNCC1CCC(=O)N1)Nc1cccc(F)c1. The number of nitrogens with one attached hydrogen (secondary N) is 3. The van der Waals surface area contributed by atoms with Gasteiger partial charge >= 0.3 is 0 Å². The van der Waals surface area contributed by atoms with Crippen LogP contribution in [0, 0.1) is 5.82 Å². The maximum Gasteiger partial charge on any atom is 0.238 e. The molecule has 0 bridgehead atoms. The highest BCUT2D eigenvalue weighted by atomic mass is 19.1. The highest BCUT2D eigenvalue weighted by Crippen LogP contribution is 2.08. The molecule has 1 aliphatic rings. The second kappa shape index (κ2) is 6.29. The normalized spacial score (nSPS) is 18.2. The zero-order valence-electron chi connectivity index (χ0n) is 10.4. The van der Waals surface area contributed by atoms with Crippen LogP contribution in [0.25, 0.3) is 0 Å². The lowest BCUT2D eigenvalue weighted by Crippen LogP contribution is -2.38. The van der Waals surface area contributed by atoms with Crippen molar-refractivity contribution in [2.45, 2.75) is 18.9 Å². The Morgan fingerprint density at radius 3 is 3.00 bits per heavy atom. The quantitative estimate of drug-likeness (QED) is 0.731. The highest BCUT2D eigenvalue weighted by Gasteiger charge is 2.20. The molecular weight excluding hydrogens is 249 g/mol. The maximum atomic E-state index is 12.9. The van der Waals surface area contributed by atoms with E-state index in [1.165, 1.54) is 18.2 Å². The summed E-state index contributed by atoms with van der Waals surface area (Å²) in [5.41, 5.74) is 0.431. The van der Waals surface area contributed by atoms with Gasteiger partial charge in [-0.25, -0.2) is 4.39 Å². The van der Waals surface area contributed by atoms with Gasteiger partial charge in [-0.3, -0.25) is 9.59 Å². The van der Waals surface area contributed by atoms with E-state index in [1.807, 2.05) is 0 Å². The van der Waals surface area contributed by atoms with E-state index in [9.17, 15) is 14.0 Å². The summed E-state index contributed by atoms with van der Waals surface area (Å²) in [6.07, 6.45) is 1.33. The second-order valence-corrected chi connectivity index (χ2v) is 4.49. The molecule has 0 aliphatic carbocycles. The number of benzene rings is 1. The summed E-state index contributed by atoms with van der Waals surface area (Å²) in [7, 11) is 0. The Hall–Kier alpha value is -1.95. The van der Waals surface area contributed by atoms with Crippen molar-refractivity contribution < 1.29 is 14.0 Å². The minimum absolute atomic E-state index is 0.0519. The lowest BCUT2D eigenvalue weighted by Gasteiger charge is -2.11.